The first-order valence-electron chi connectivity index (χ1n) is 3.03. The van der Waals surface area contributed by atoms with Crippen LogP contribution in [-0.2, 0) is 4.79 Å². The number of aromatic nitrogens is 1. The molecule has 1 rings (SSSR count). The smallest absolute Gasteiger partial charge is 0.313 e. The highest BCUT2D eigenvalue weighted by molar-refractivity contribution is 8.00. The maximum absolute atomic E-state index is 10.1. The van der Waals surface area contributed by atoms with Crippen molar-refractivity contribution >= 4 is 30.1 Å². The highest BCUT2D eigenvalue weighted by Crippen LogP contribution is 2.14. The molecular weight excluding hydrogens is 198 g/mol. The normalized spacial score (nSPS) is 8.67. The fourth-order valence-electron chi connectivity index (χ4n) is 0.580. The van der Waals surface area contributed by atoms with Gasteiger partial charge < -0.3 is 5.11 Å². The Morgan fingerprint density at radius 1 is 1.50 bits per heavy atom. The lowest BCUT2D eigenvalue weighted by Crippen LogP contribution is -1.97. The minimum Gasteiger partial charge on any atom is -0.481 e. The number of carboxylic acid groups (broad SMARTS) is 1. The lowest BCUT2D eigenvalue weighted by Gasteiger charge is -1.94. The fraction of sp³-hybridized carbons (Fsp3) is 0.143. The third-order valence-electron chi connectivity index (χ3n) is 1.01. The number of carbonyl (C=O) groups is 1. The van der Waals surface area contributed by atoms with Gasteiger partial charge in [-0.05, 0) is 12.1 Å². The molecule has 3 nitrogen and oxygen atoms in total. The lowest BCUT2D eigenvalue weighted by atomic mass is 10.5. The van der Waals surface area contributed by atoms with Crippen molar-refractivity contribution in [2.75, 3.05) is 5.75 Å². The summed E-state index contributed by atoms with van der Waals surface area (Å²) in [5.41, 5.74) is 0. The number of pyridine rings is 1. The molecule has 0 fully saturated rings. The van der Waals surface area contributed by atoms with Gasteiger partial charge in [0.25, 0.3) is 0 Å². The Morgan fingerprint density at radius 3 is 2.58 bits per heavy atom. The van der Waals surface area contributed by atoms with Crippen molar-refractivity contribution in [3.8, 4) is 0 Å². The van der Waals surface area contributed by atoms with Crippen molar-refractivity contribution in [2.24, 2.45) is 0 Å². The van der Waals surface area contributed by atoms with Gasteiger partial charge in [0.1, 0.15) is 0 Å². The van der Waals surface area contributed by atoms with E-state index < -0.39 is 5.97 Å². The Labute approximate surface area is 80.6 Å². The number of halogens is 1. The third kappa shape index (κ3) is 4.20. The van der Waals surface area contributed by atoms with Crippen LogP contribution in [0.1, 0.15) is 0 Å². The van der Waals surface area contributed by atoms with Gasteiger partial charge in [-0.25, -0.2) is 0 Å². The number of hydrogen-bond donors (Lipinski definition) is 1. The number of rotatable bonds is 3. The summed E-state index contributed by atoms with van der Waals surface area (Å²) in [6.07, 6.45) is 3.29. The van der Waals surface area contributed by atoms with Crippen molar-refractivity contribution in [3.05, 3.63) is 24.5 Å². The first-order valence-corrected chi connectivity index (χ1v) is 4.02. The zero-order chi connectivity index (χ0) is 8.10. The third-order valence-corrected chi connectivity index (χ3v) is 2.01. The summed E-state index contributed by atoms with van der Waals surface area (Å²) < 4.78 is 0. The molecule has 0 unspecified atom stereocenters. The Bertz CT molecular complexity index is 242. The van der Waals surface area contributed by atoms with Gasteiger partial charge in [-0.1, -0.05) is 0 Å². The van der Waals surface area contributed by atoms with Crippen molar-refractivity contribution in [1.82, 2.24) is 4.98 Å². The summed E-state index contributed by atoms with van der Waals surface area (Å²) in [7, 11) is 0. The first-order chi connectivity index (χ1) is 5.29. The molecule has 12 heavy (non-hydrogen) atoms. The van der Waals surface area contributed by atoms with E-state index in [1.807, 2.05) is 0 Å². The molecule has 0 aliphatic heterocycles. The number of carboxylic acids is 1. The number of nitrogens with zero attached hydrogens (tertiary/aromatic N) is 1. The van der Waals surface area contributed by atoms with E-state index in [2.05, 4.69) is 4.98 Å². The van der Waals surface area contributed by atoms with E-state index in [0.29, 0.717) is 0 Å². The molecule has 1 aromatic rings. The predicted octanol–water partition coefficient (Wildman–Crippen LogP) is 1.68. The average Bonchev–Trinajstić information content (AvgIpc) is 2.03. The van der Waals surface area contributed by atoms with Crippen LogP contribution < -0.4 is 0 Å². The van der Waals surface area contributed by atoms with Crippen molar-refractivity contribution < 1.29 is 9.90 Å². The van der Waals surface area contributed by atoms with Crippen LogP contribution in [0.15, 0.2) is 29.4 Å². The molecule has 1 heterocycles. The van der Waals surface area contributed by atoms with Gasteiger partial charge in [-0.2, -0.15) is 0 Å². The van der Waals surface area contributed by atoms with Crippen LogP contribution in [0.5, 0.6) is 0 Å². The van der Waals surface area contributed by atoms with Gasteiger partial charge >= 0.3 is 5.97 Å². The molecule has 0 aliphatic carbocycles. The second-order valence-corrected chi connectivity index (χ2v) is 2.91. The standard InChI is InChI=1S/C7H7NO2S.ClH/c9-7(10)5-11-6-1-3-8-4-2-6;/h1-4H,5H2,(H,9,10);1H. The monoisotopic (exact) mass is 205 g/mol. The molecule has 1 N–H and O–H groups in total. The van der Waals surface area contributed by atoms with Crippen LogP contribution in [-0.4, -0.2) is 21.8 Å². The summed E-state index contributed by atoms with van der Waals surface area (Å²) in [5.74, 6) is -0.698. The van der Waals surface area contributed by atoms with Crippen LogP contribution in [0.3, 0.4) is 0 Å². The van der Waals surface area contributed by atoms with Crippen LogP contribution in [0.4, 0.5) is 0 Å². The zero-order valence-corrected chi connectivity index (χ0v) is 7.77. The van der Waals surface area contributed by atoms with Gasteiger partial charge in [0.05, 0.1) is 5.75 Å². The van der Waals surface area contributed by atoms with Gasteiger partial charge in [-0.3, -0.25) is 9.78 Å². The van der Waals surface area contributed by atoms with E-state index in [1.165, 1.54) is 11.8 Å². The summed E-state index contributed by atoms with van der Waals surface area (Å²) >= 11 is 1.29. The minimum atomic E-state index is -0.799. The summed E-state index contributed by atoms with van der Waals surface area (Å²) in [5, 5.41) is 8.34. The number of thioether (sulfide) groups is 1. The van der Waals surface area contributed by atoms with E-state index in [0.717, 1.165) is 4.90 Å². The molecule has 0 spiro atoms. The maximum atomic E-state index is 10.1. The molecule has 0 bridgehead atoms. The van der Waals surface area contributed by atoms with E-state index in [1.54, 1.807) is 24.5 Å². The second kappa shape index (κ2) is 5.85. The topological polar surface area (TPSA) is 50.2 Å². The summed E-state index contributed by atoms with van der Waals surface area (Å²) in [4.78, 5) is 14.9. The highest BCUT2D eigenvalue weighted by Gasteiger charge is 1.97. The van der Waals surface area contributed by atoms with Crippen molar-refractivity contribution in [1.29, 1.82) is 0 Å². The van der Waals surface area contributed by atoms with Crippen LogP contribution in [0.2, 0.25) is 0 Å². The Kier molecular flexibility index (Phi) is 5.49. The Balaban J connectivity index is 0.00000121. The van der Waals surface area contributed by atoms with Gasteiger partial charge in [0, 0.05) is 17.3 Å². The second-order valence-electron chi connectivity index (χ2n) is 1.87. The molecular formula is C7H8ClNO2S. The van der Waals surface area contributed by atoms with Gasteiger partial charge in [0.15, 0.2) is 0 Å². The molecule has 0 aliphatic rings. The van der Waals surface area contributed by atoms with E-state index in [9.17, 15) is 4.79 Å². The van der Waals surface area contributed by atoms with Crippen LogP contribution in [0, 0.1) is 0 Å². The SMILES string of the molecule is Cl.O=C(O)CSc1ccncc1. The molecule has 0 saturated carbocycles. The van der Waals surface area contributed by atoms with Crippen LogP contribution in [0.25, 0.3) is 0 Å². The number of hydrogen-bond acceptors (Lipinski definition) is 3. The molecule has 0 radical (unpaired) electrons. The van der Waals surface area contributed by atoms with Crippen molar-refractivity contribution in [2.45, 2.75) is 4.90 Å². The molecule has 66 valence electrons. The molecule has 1 aromatic heterocycles. The quantitative estimate of drug-likeness (QED) is 0.763. The first kappa shape index (κ1) is 11.3. The summed E-state index contributed by atoms with van der Waals surface area (Å²) in [6.45, 7) is 0. The average molecular weight is 206 g/mol. The van der Waals surface area contributed by atoms with Gasteiger partial charge in [0.2, 0.25) is 0 Å². The van der Waals surface area contributed by atoms with Crippen LogP contribution >= 0.6 is 24.2 Å². The van der Waals surface area contributed by atoms with Gasteiger partial charge in [-0.15, -0.1) is 24.2 Å². The molecule has 0 atom stereocenters. The molecule has 0 aromatic carbocycles. The zero-order valence-electron chi connectivity index (χ0n) is 6.14. The lowest BCUT2D eigenvalue weighted by molar-refractivity contribution is -0.133. The Hall–Kier alpha value is -0.740. The molecule has 0 amide bonds. The maximum Gasteiger partial charge on any atom is 0.313 e. The number of aliphatic carboxylic acids is 1. The highest BCUT2D eigenvalue weighted by atomic mass is 35.5. The minimum absolute atomic E-state index is 0. The molecule has 5 heteroatoms. The van der Waals surface area contributed by atoms with Crippen molar-refractivity contribution in [3.63, 3.8) is 0 Å². The van der Waals surface area contributed by atoms with E-state index in [-0.39, 0.29) is 18.2 Å². The fourth-order valence-corrected chi connectivity index (χ4v) is 1.18. The largest absolute Gasteiger partial charge is 0.481 e. The van der Waals surface area contributed by atoms with E-state index >= 15 is 0 Å². The Morgan fingerprint density at radius 2 is 2.08 bits per heavy atom. The van der Waals surface area contributed by atoms with E-state index in [4.69, 9.17) is 5.11 Å². The molecule has 0 saturated heterocycles. The summed E-state index contributed by atoms with van der Waals surface area (Å²) in [6, 6.07) is 3.57. The predicted molar refractivity (Wildman–Crippen MR) is 49.8 cm³/mol.